The monoisotopic (exact) mass is 288 g/mol. The summed E-state index contributed by atoms with van der Waals surface area (Å²) in [5, 5.41) is 4.01. The van der Waals surface area contributed by atoms with Crippen LogP contribution in [0.25, 0.3) is 0 Å². The number of methoxy groups -OCH3 is 1. The molecule has 0 saturated carbocycles. The predicted octanol–water partition coefficient (Wildman–Crippen LogP) is 3.09. The SMILES string of the molecule is COC(=O)c1csc(Nc2cc(F)c(F)cc2F)n1. The lowest BCUT2D eigenvalue weighted by molar-refractivity contribution is 0.0595. The number of carbonyl (C=O) groups is 1. The van der Waals surface area contributed by atoms with E-state index in [1.165, 1.54) is 12.5 Å². The maximum atomic E-state index is 13.4. The first kappa shape index (κ1) is 13.3. The van der Waals surface area contributed by atoms with Crippen LogP contribution in [0.5, 0.6) is 0 Å². The first-order chi connectivity index (χ1) is 9.01. The lowest BCUT2D eigenvalue weighted by atomic mass is 10.3. The third kappa shape index (κ3) is 2.84. The number of benzene rings is 1. The zero-order valence-electron chi connectivity index (χ0n) is 9.54. The van der Waals surface area contributed by atoms with E-state index in [1.807, 2.05) is 0 Å². The number of hydrogen-bond acceptors (Lipinski definition) is 5. The van der Waals surface area contributed by atoms with Crippen LogP contribution < -0.4 is 5.32 Å². The smallest absolute Gasteiger partial charge is 0.357 e. The van der Waals surface area contributed by atoms with Crippen LogP contribution >= 0.6 is 11.3 Å². The Balaban J connectivity index is 2.24. The Bertz CT molecular complexity index is 630. The second kappa shape index (κ2) is 5.27. The Morgan fingerprint density at radius 3 is 2.63 bits per heavy atom. The predicted molar refractivity (Wildman–Crippen MR) is 63.1 cm³/mol. The molecule has 8 heteroatoms. The standard InChI is InChI=1S/C11H7F3N2O2S/c1-18-10(17)9-4-19-11(16-9)15-8-3-6(13)5(12)2-7(8)14/h2-4H,1H3,(H,15,16). The molecule has 0 radical (unpaired) electrons. The number of aromatic nitrogens is 1. The van der Waals surface area contributed by atoms with Crippen LogP contribution in [0.1, 0.15) is 10.5 Å². The van der Waals surface area contributed by atoms with Crippen molar-refractivity contribution in [1.82, 2.24) is 4.98 Å². The Labute approximate surface area is 109 Å². The molecular formula is C11H7F3N2O2S. The summed E-state index contributed by atoms with van der Waals surface area (Å²) >= 11 is 1.00. The average Bonchev–Trinajstić information content (AvgIpc) is 2.83. The highest BCUT2D eigenvalue weighted by molar-refractivity contribution is 7.14. The molecule has 0 amide bonds. The van der Waals surface area contributed by atoms with Crippen molar-refractivity contribution in [3.63, 3.8) is 0 Å². The fourth-order valence-corrected chi connectivity index (χ4v) is 1.96. The summed E-state index contributed by atoms with van der Waals surface area (Å²) in [5.74, 6) is -4.07. The van der Waals surface area contributed by atoms with E-state index < -0.39 is 23.4 Å². The Hall–Kier alpha value is -2.09. The molecule has 0 aliphatic carbocycles. The minimum Gasteiger partial charge on any atom is -0.464 e. The van der Waals surface area contributed by atoms with Crippen molar-refractivity contribution in [2.75, 3.05) is 12.4 Å². The molecule has 2 aromatic rings. The van der Waals surface area contributed by atoms with Gasteiger partial charge in [-0.15, -0.1) is 11.3 Å². The lowest BCUT2D eigenvalue weighted by Gasteiger charge is -2.04. The van der Waals surface area contributed by atoms with Crippen molar-refractivity contribution in [1.29, 1.82) is 0 Å². The number of thiazole rings is 1. The fourth-order valence-electron chi connectivity index (χ4n) is 1.26. The van der Waals surface area contributed by atoms with Gasteiger partial charge in [0.05, 0.1) is 12.8 Å². The van der Waals surface area contributed by atoms with Crippen molar-refractivity contribution < 1.29 is 22.7 Å². The van der Waals surface area contributed by atoms with Gasteiger partial charge in [0.1, 0.15) is 5.82 Å². The van der Waals surface area contributed by atoms with Gasteiger partial charge in [-0.25, -0.2) is 22.9 Å². The molecule has 0 atom stereocenters. The van der Waals surface area contributed by atoms with Gasteiger partial charge in [-0.3, -0.25) is 0 Å². The summed E-state index contributed by atoms with van der Waals surface area (Å²) in [4.78, 5) is 15.0. The number of carbonyl (C=O) groups excluding carboxylic acids is 1. The van der Waals surface area contributed by atoms with Crippen molar-refractivity contribution >= 4 is 28.1 Å². The molecule has 0 bridgehead atoms. The van der Waals surface area contributed by atoms with Gasteiger partial charge in [-0.2, -0.15) is 0 Å². The zero-order valence-corrected chi connectivity index (χ0v) is 10.4. The van der Waals surface area contributed by atoms with E-state index >= 15 is 0 Å². The van der Waals surface area contributed by atoms with Crippen molar-refractivity contribution in [2.24, 2.45) is 0 Å². The fraction of sp³-hybridized carbons (Fsp3) is 0.0909. The first-order valence-corrected chi connectivity index (χ1v) is 5.84. The molecule has 0 aliphatic rings. The summed E-state index contributed by atoms with van der Waals surface area (Å²) in [5.41, 5.74) is -0.234. The normalized spacial score (nSPS) is 10.3. The van der Waals surface area contributed by atoms with Crippen LogP contribution in [0, 0.1) is 17.5 Å². The average molecular weight is 288 g/mol. The van der Waals surface area contributed by atoms with E-state index in [-0.39, 0.29) is 16.5 Å². The molecule has 0 unspecified atom stereocenters. The Morgan fingerprint density at radius 2 is 1.95 bits per heavy atom. The minimum absolute atomic E-state index is 0.0398. The van der Waals surface area contributed by atoms with Crippen molar-refractivity contribution in [2.45, 2.75) is 0 Å². The van der Waals surface area contributed by atoms with E-state index in [2.05, 4.69) is 15.0 Å². The summed E-state index contributed by atoms with van der Waals surface area (Å²) in [7, 11) is 1.20. The molecule has 1 heterocycles. The molecular weight excluding hydrogens is 281 g/mol. The van der Waals surface area contributed by atoms with Gasteiger partial charge in [-0.1, -0.05) is 0 Å². The maximum Gasteiger partial charge on any atom is 0.357 e. The third-order valence-corrected chi connectivity index (χ3v) is 2.91. The van der Waals surface area contributed by atoms with E-state index in [0.29, 0.717) is 12.1 Å². The Morgan fingerprint density at radius 1 is 1.26 bits per heavy atom. The van der Waals surface area contributed by atoms with Gasteiger partial charge in [0.15, 0.2) is 22.5 Å². The van der Waals surface area contributed by atoms with Gasteiger partial charge in [0, 0.05) is 17.5 Å². The molecule has 1 N–H and O–H groups in total. The van der Waals surface area contributed by atoms with Crippen LogP contribution in [0.4, 0.5) is 24.0 Å². The number of nitrogens with zero attached hydrogens (tertiary/aromatic N) is 1. The summed E-state index contributed by atoms with van der Waals surface area (Å²) in [6, 6.07) is 1.09. The highest BCUT2D eigenvalue weighted by Crippen LogP contribution is 2.25. The van der Waals surface area contributed by atoms with Gasteiger partial charge in [0.25, 0.3) is 0 Å². The molecule has 0 aliphatic heterocycles. The largest absolute Gasteiger partial charge is 0.464 e. The van der Waals surface area contributed by atoms with Gasteiger partial charge >= 0.3 is 5.97 Å². The number of hydrogen-bond donors (Lipinski definition) is 1. The molecule has 1 aromatic carbocycles. The number of ether oxygens (including phenoxy) is 1. The molecule has 4 nitrogen and oxygen atoms in total. The molecule has 19 heavy (non-hydrogen) atoms. The first-order valence-electron chi connectivity index (χ1n) is 4.96. The quantitative estimate of drug-likeness (QED) is 0.696. The van der Waals surface area contributed by atoms with Crippen LogP contribution in [-0.4, -0.2) is 18.1 Å². The number of rotatable bonds is 3. The summed E-state index contributed by atoms with van der Waals surface area (Å²) < 4.78 is 43.5. The second-order valence-electron chi connectivity index (χ2n) is 3.40. The van der Waals surface area contributed by atoms with E-state index in [1.54, 1.807) is 0 Å². The van der Waals surface area contributed by atoms with Crippen LogP contribution in [0.15, 0.2) is 17.5 Å². The van der Waals surface area contributed by atoms with Crippen molar-refractivity contribution in [3.8, 4) is 0 Å². The number of halogens is 3. The molecule has 0 fully saturated rings. The third-order valence-electron chi connectivity index (χ3n) is 2.15. The van der Waals surface area contributed by atoms with Crippen molar-refractivity contribution in [3.05, 3.63) is 40.7 Å². The van der Waals surface area contributed by atoms with Gasteiger partial charge in [-0.05, 0) is 0 Å². The highest BCUT2D eigenvalue weighted by Gasteiger charge is 2.14. The number of nitrogens with one attached hydrogen (secondary N) is 1. The molecule has 0 spiro atoms. The summed E-state index contributed by atoms with van der Waals surface area (Å²) in [6.45, 7) is 0. The van der Waals surface area contributed by atoms with Gasteiger partial charge in [0.2, 0.25) is 0 Å². The zero-order chi connectivity index (χ0) is 14.0. The number of esters is 1. The van der Waals surface area contributed by atoms with Crippen LogP contribution in [0.2, 0.25) is 0 Å². The van der Waals surface area contributed by atoms with Crippen LogP contribution in [0.3, 0.4) is 0 Å². The van der Waals surface area contributed by atoms with Crippen LogP contribution in [-0.2, 0) is 4.74 Å². The molecule has 100 valence electrons. The molecule has 1 aromatic heterocycles. The maximum absolute atomic E-state index is 13.4. The highest BCUT2D eigenvalue weighted by atomic mass is 32.1. The number of anilines is 2. The van der Waals surface area contributed by atoms with E-state index in [9.17, 15) is 18.0 Å². The topological polar surface area (TPSA) is 51.2 Å². The second-order valence-corrected chi connectivity index (χ2v) is 4.26. The van der Waals surface area contributed by atoms with E-state index in [4.69, 9.17) is 0 Å². The lowest BCUT2D eigenvalue weighted by Crippen LogP contribution is -2.02. The van der Waals surface area contributed by atoms with E-state index in [0.717, 1.165) is 11.3 Å². The minimum atomic E-state index is -1.28. The Kier molecular flexibility index (Phi) is 3.70. The summed E-state index contributed by atoms with van der Waals surface area (Å²) in [6.07, 6.45) is 0. The van der Waals surface area contributed by atoms with Gasteiger partial charge < -0.3 is 10.1 Å². The molecule has 2 rings (SSSR count). The molecule has 0 saturated heterocycles.